The molecule has 20 heavy (non-hydrogen) atoms. The van der Waals surface area contributed by atoms with Crippen LogP contribution in [-0.2, 0) is 6.54 Å². The Bertz CT molecular complexity index is 622. The summed E-state index contributed by atoms with van der Waals surface area (Å²) in [5.74, 6) is -1.14. The normalized spacial score (nSPS) is 10.4. The molecule has 106 valence electrons. The predicted molar refractivity (Wildman–Crippen MR) is 71.2 cm³/mol. The summed E-state index contributed by atoms with van der Waals surface area (Å²) in [7, 11) is 0. The van der Waals surface area contributed by atoms with Gasteiger partial charge in [0.15, 0.2) is 11.6 Å². The van der Waals surface area contributed by atoms with Crippen LogP contribution in [0.5, 0.6) is 0 Å². The molecule has 0 aliphatic heterocycles. The van der Waals surface area contributed by atoms with E-state index in [-0.39, 0.29) is 11.0 Å². The number of hydrogen-bond acceptors (Lipinski definition) is 3. The fourth-order valence-electron chi connectivity index (χ4n) is 1.49. The second-order valence-corrected chi connectivity index (χ2v) is 4.90. The molecule has 0 bridgehead atoms. The van der Waals surface area contributed by atoms with Crippen molar-refractivity contribution in [3.63, 3.8) is 0 Å². The van der Waals surface area contributed by atoms with Crippen molar-refractivity contribution in [2.45, 2.75) is 13.5 Å². The molecule has 0 atom stereocenters. The van der Waals surface area contributed by atoms with E-state index < -0.39 is 23.4 Å². The van der Waals surface area contributed by atoms with Gasteiger partial charge in [0.1, 0.15) is 17.1 Å². The first-order chi connectivity index (χ1) is 9.45. The zero-order valence-corrected chi connectivity index (χ0v) is 11.9. The molecule has 0 spiro atoms. The average molecular weight is 346 g/mol. The Hall–Kier alpha value is -1.96. The van der Waals surface area contributed by atoms with Gasteiger partial charge in [-0.1, -0.05) is 21.1 Å². The van der Waals surface area contributed by atoms with Gasteiger partial charge in [-0.25, -0.2) is 13.6 Å². The van der Waals surface area contributed by atoms with Crippen molar-refractivity contribution in [2.75, 3.05) is 5.32 Å². The number of carbonyl (C=O) groups is 1. The van der Waals surface area contributed by atoms with Crippen molar-refractivity contribution in [2.24, 2.45) is 0 Å². The van der Waals surface area contributed by atoms with E-state index in [4.69, 9.17) is 4.52 Å². The van der Waals surface area contributed by atoms with Gasteiger partial charge in [0, 0.05) is 10.5 Å². The van der Waals surface area contributed by atoms with Crippen LogP contribution in [0.4, 0.5) is 19.3 Å². The van der Waals surface area contributed by atoms with E-state index in [1.165, 1.54) is 0 Å². The number of aromatic nitrogens is 1. The van der Waals surface area contributed by atoms with Crippen LogP contribution < -0.4 is 10.6 Å². The predicted octanol–water partition coefficient (Wildman–Crippen LogP) is 3.35. The molecule has 2 aromatic rings. The first-order valence-corrected chi connectivity index (χ1v) is 6.36. The van der Waals surface area contributed by atoms with E-state index in [1.54, 1.807) is 13.0 Å². The van der Waals surface area contributed by atoms with Crippen molar-refractivity contribution in [1.29, 1.82) is 0 Å². The lowest BCUT2D eigenvalue weighted by atomic mass is 10.3. The monoisotopic (exact) mass is 345 g/mol. The van der Waals surface area contributed by atoms with Gasteiger partial charge < -0.3 is 15.2 Å². The van der Waals surface area contributed by atoms with Gasteiger partial charge in [0.05, 0.1) is 6.54 Å². The molecule has 2 amide bonds. The van der Waals surface area contributed by atoms with Gasteiger partial charge in [-0.2, -0.15) is 0 Å². The van der Waals surface area contributed by atoms with Crippen LogP contribution in [0.2, 0.25) is 0 Å². The largest absolute Gasteiger partial charge is 0.361 e. The molecule has 0 aliphatic rings. The summed E-state index contributed by atoms with van der Waals surface area (Å²) < 4.78 is 32.1. The van der Waals surface area contributed by atoms with Crippen LogP contribution in [0.15, 0.2) is 27.2 Å². The molecule has 0 unspecified atom stereocenters. The number of anilines is 1. The summed E-state index contributed by atoms with van der Waals surface area (Å²) in [5.41, 5.74) is -0.00330. The number of nitrogens with zero attached hydrogens (tertiary/aromatic N) is 1. The molecule has 1 heterocycles. The van der Waals surface area contributed by atoms with Crippen molar-refractivity contribution in [3.8, 4) is 0 Å². The standard InChI is InChI=1S/C12H10BrF2N3O2/c1-6-2-8(18-20-6)5-16-12(19)17-11-9(14)3-7(13)4-10(11)15/h2-4H,5H2,1H3,(H2,16,17,19). The molecule has 5 nitrogen and oxygen atoms in total. The van der Waals surface area contributed by atoms with E-state index in [0.29, 0.717) is 11.5 Å². The topological polar surface area (TPSA) is 67.2 Å². The maximum atomic E-state index is 13.5. The van der Waals surface area contributed by atoms with Crippen molar-refractivity contribution in [3.05, 3.63) is 45.8 Å². The fraction of sp³-hybridized carbons (Fsp3) is 0.167. The van der Waals surface area contributed by atoms with Crippen molar-refractivity contribution >= 4 is 27.6 Å². The molecular formula is C12H10BrF2N3O2. The highest BCUT2D eigenvalue weighted by molar-refractivity contribution is 9.10. The molecule has 1 aromatic carbocycles. The van der Waals surface area contributed by atoms with Crippen LogP contribution in [0.3, 0.4) is 0 Å². The summed E-state index contributed by atoms with van der Waals surface area (Å²) in [5, 5.41) is 8.19. The summed E-state index contributed by atoms with van der Waals surface area (Å²) >= 11 is 2.95. The molecule has 0 radical (unpaired) electrons. The quantitative estimate of drug-likeness (QED) is 0.896. The number of halogens is 3. The summed E-state index contributed by atoms with van der Waals surface area (Å²) in [4.78, 5) is 11.6. The summed E-state index contributed by atoms with van der Waals surface area (Å²) in [6.45, 7) is 1.80. The Morgan fingerprint density at radius 2 is 2.00 bits per heavy atom. The zero-order valence-electron chi connectivity index (χ0n) is 10.3. The van der Waals surface area contributed by atoms with Gasteiger partial charge >= 0.3 is 6.03 Å². The Morgan fingerprint density at radius 3 is 2.55 bits per heavy atom. The third-order valence-electron chi connectivity index (χ3n) is 2.35. The van der Waals surface area contributed by atoms with Crippen LogP contribution >= 0.6 is 15.9 Å². The van der Waals surface area contributed by atoms with Gasteiger partial charge in [0.2, 0.25) is 0 Å². The highest BCUT2D eigenvalue weighted by atomic mass is 79.9. The third kappa shape index (κ3) is 3.53. The van der Waals surface area contributed by atoms with E-state index in [9.17, 15) is 13.6 Å². The van der Waals surface area contributed by atoms with Gasteiger partial charge in [-0.15, -0.1) is 0 Å². The Labute approximate surface area is 121 Å². The van der Waals surface area contributed by atoms with Crippen LogP contribution in [-0.4, -0.2) is 11.2 Å². The molecule has 8 heteroatoms. The van der Waals surface area contributed by atoms with Gasteiger partial charge in [-0.05, 0) is 19.1 Å². The fourth-order valence-corrected chi connectivity index (χ4v) is 1.89. The molecule has 1 aromatic heterocycles. The molecule has 0 saturated carbocycles. The lowest BCUT2D eigenvalue weighted by Crippen LogP contribution is -2.29. The summed E-state index contributed by atoms with van der Waals surface area (Å²) in [6.07, 6.45) is 0. The maximum Gasteiger partial charge on any atom is 0.319 e. The van der Waals surface area contributed by atoms with Crippen LogP contribution in [0.25, 0.3) is 0 Å². The Morgan fingerprint density at radius 1 is 1.35 bits per heavy atom. The second kappa shape index (κ2) is 6.00. The van der Waals surface area contributed by atoms with E-state index in [0.717, 1.165) is 12.1 Å². The zero-order chi connectivity index (χ0) is 14.7. The SMILES string of the molecule is Cc1cc(CNC(=O)Nc2c(F)cc(Br)cc2F)no1. The minimum absolute atomic E-state index is 0.0862. The smallest absolute Gasteiger partial charge is 0.319 e. The maximum absolute atomic E-state index is 13.5. The number of urea groups is 1. The number of benzene rings is 1. The Balaban J connectivity index is 1.98. The lowest BCUT2D eigenvalue weighted by Gasteiger charge is -2.08. The lowest BCUT2D eigenvalue weighted by molar-refractivity contribution is 0.251. The molecule has 0 fully saturated rings. The number of rotatable bonds is 3. The highest BCUT2D eigenvalue weighted by Crippen LogP contribution is 2.23. The minimum atomic E-state index is -0.871. The van der Waals surface area contributed by atoms with Crippen molar-refractivity contribution in [1.82, 2.24) is 10.5 Å². The van der Waals surface area contributed by atoms with Crippen LogP contribution in [0, 0.1) is 18.6 Å². The molecule has 0 saturated heterocycles. The van der Waals surface area contributed by atoms with Gasteiger partial charge in [0.25, 0.3) is 0 Å². The number of carbonyl (C=O) groups excluding carboxylic acids is 1. The van der Waals surface area contributed by atoms with Crippen molar-refractivity contribution < 1.29 is 18.1 Å². The number of aryl methyl sites for hydroxylation is 1. The minimum Gasteiger partial charge on any atom is -0.361 e. The summed E-state index contributed by atoms with van der Waals surface area (Å²) in [6, 6.07) is 3.01. The average Bonchev–Trinajstić information content (AvgIpc) is 2.77. The highest BCUT2D eigenvalue weighted by Gasteiger charge is 2.13. The number of nitrogens with one attached hydrogen (secondary N) is 2. The van der Waals surface area contributed by atoms with E-state index in [2.05, 4.69) is 31.7 Å². The van der Waals surface area contributed by atoms with E-state index in [1.807, 2.05) is 0 Å². The molecule has 2 N–H and O–H groups in total. The third-order valence-corrected chi connectivity index (χ3v) is 2.81. The van der Waals surface area contributed by atoms with Gasteiger partial charge in [-0.3, -0.25) is 0 Å². The number of hydrogen-bond donors (Lipinski definition) is 2. The number of amides is 2. The van der Waals surface area contributed by atoms with E-state index >= 15 is 0 Å². The first kappa shape index (κ1) is 14.4. The molecule has 2 rings (SSSR count). The van der Waals surface area contributed by atoms with Crippen LogP contribution in [0.1, 0.15) is 11.5 Å². The molecular weight excluding hydrogens is 336 g/mol. The molecule has 0 aliphatic carbocycles. The second-order valence-electron chi connectivity index (χ2n) is 3.98. The first-order valence-electron chi connectivity index (χ1n) is 5.57. The Kier molecular flexibility index (Phi) is 4.33.